The Kier molecular flexibility index (Phi) is 7.01. The zero-order chi connectivity index (χ0) is 20.1. The molecule has 3 aromatic rings. The summed E-state index contributed by atoms with van der Waals surface area (Å²) >= 11 is 16.5. The molecule has 2 amide bonds. The van der Waals surface area contributed by atoms with E-state index >= 15 is 0 Å². The highest BCUT2D eigenvalue weighted by atomic mass is 79.9. The van der Waals surface area contributed by atoms with Crippen LogP contribution in [0.25, 0.3) is 0 Å². The van der Waals surface area contributed by atoms with Gasteiger partial charge < -0.3 is 5.32 Å². The molecule has 0 aliphatic carbocycles. The van der Waals surface area contributed by atoms with Crippen LogP contribution in [0.4, 0.5) is 5.13 Å². The summed E-state index contributed by atoms with van der Waals surface area (Å²) in [6.07, 6.45) is 0.491. The molecular formula is C18H13BrCl2N4O2S. The number of hydrogen-bond donors (Lipinski definition) is 2. The van der Waals surface area contributed by atoms with Crippen molar-refractivity contribution >= 4 is 67.4 Å². The Morgan fingerprint density at radius 2 is 1.89 bits per heavy atom. The Morgan fingerprint density at radius 1 is 1.07 bits per heavy atom. The van der Waals surface area contributed by atoms with Crippen LogP contribution >= 0.6 is 50.5 Å². The van der Waals surface area contributed by atoms with Crippen molar-refractivity contribution in [1.82, 2.24) is 15.5 Å². The van der Waals surface area contributed by atoms with Crippen molar-refractivity contribution in [1.29, 1.82) is 0 Å². The molecule has 6 nitrogen and oxygen atoms in total. The van der Waals surface area contributed by atoms with Crippen LogP contribution in [0.15, 0.2) is 46.9 Å². The van der Waals surface area contributed by atoms with E-state index in [1.807, 2.05) is 6.07 Å². The van der Waals surface area contributed by atoms with Crippen molar-refractivity contribution in [2.45, 2.75) is 6.42 Å². The van der Waals surface area contributed by atoms with Gasteiger partial charge in [-0.3, -0.25) is 14.9 Å². The zero-order valence-electron chi connectivity index (χ0n) is 14.2. The average Bonchev–Trinajstić information content (AvgIpc) is 3.10. The van der Waals surface area contributed by atoms with E-state index in [-0.39, 0.29) is 11.5 Å². The summed E-state index contributed by atoms with van der Waals surface area (Å²) in [5.41, 5.74) is 0.824. The fraction of sp³-hybridized carbons (Fsp3) is 0.111. The summed E-state index contributed by atoms with van der Waals surface area (Å²) in [7, 11) is 0. The number of nitrogens with one attached hydrogen (secondary N) is 2. The highest BCUT2D eigenvalue weighted by Crippen LogP contribution is 2.23. The normalized spacial score (nSPS) is 10.5. The molecule has 1 aromatic heterocycles. The van der Waals surface area contributed by atoms with Gasteiger partial charge >= 0.3 is 0 Å². The van der Waals surface area contributed by atoms with E-state index in [0.29, 0.717) is 38.7 Å². The molecule has 2 aromatic carbocycles. The highest BCUT2D eigenvalue weighted by molar-refractivity contribution is 9.10. The maximum atomic E-state index is 12.3. The number of anilines is 1. The van der Waals surface area contributed by atoms with E-state index in [1.54, 1.807) is 30.3 Å². The number of nitrogens with zero attached hydrogens (tertiary/aromatic N) is 2. The molecule has 0 spiro atoms. The molecule has 0 unspecified atom stereocenters. The molecule has 0 radical (unpaired) electrons. The lowest BCUT2D eigenvalue weighted by atomic mass is 10.2. The first-order valence-electron chi connectivity index (χ1n) is 8.05. The summed E-state index contributed by atoms with van der Waals surface area (Å²) in [4.78, 5) is 24.4. The van der Waals surface area contributed by atoms with Crippen molar-refractivity contribution < 1.29 is 9.59 Å². The third-order valence-electron chi connectivity index (χ3n) is 3.57. The van der Waals surface area contributed by atoms with Crippen LogP contribution in [-0.2, 0) is 6.42 Å². The van der Waals surface area contributed by atoms with E-state index in [9.17, 15) is 9.59 Å². The molecular weight excluding hydrogens is 487 g/mol. The Bertz CT molecular complexity index is 1030. The fourth-order valence-corrected chi connectivity index (χ4v) is 3.76. The lowest BCUT2D eigenvalue weighted by molar-refractivity contribution is 0.0953. The van der Waals surface area contributed by atoms with E-state index in [0.717, 1.165) is 4.47 Å². The van der Waals surface area contributed by atoms with Crippen LogP contribution in [0.1, 0.15) is 25.7 Å². The van der Waals surface area contributed by atoms with Gasteiger partial charge in [0.05, 0.1) is 10.6 Å². The monoisotopic (exact) mass is 498 g/mol. The third-order valence-corrected chi connectivity index (χ3v) is 5.53. The number of carbonyl (C=O) groups is 2. The number of amides is 2. The number of benzene rings is 2. The first-order chi connectivity index (χ1) is 13.4. The maximum Gasteiger partial charge on any atom is 0.259 e. The number of rotatable bonds is 6. The SMILES string of the molecule is O=C(NCCc1nnc(NC(=O)c2cc(Cl)ccc2Cl)s1)c1cccc(Br)c1. The molecule has 3 rings (SSSR count). The van der Waals surface area contributed by atoms with E-state index < -0.39 is 5.91 Å². The second kappa shape index (κ2) is 9.47. The van der Waals surface area contributed by atoms with Gasteiger partial charge in [-0.25, -0.2) is 0 Å². The number of carbonyl (C=O) groups excluding carboxylic acids is 2. The van der Waals surface area contributed by atoms with Gasteiger partial charge in [0.2, 0.25) is 5.13 Å². The molecule has 28 heavy (non-hydrogen) atoms. The maximum absolute atomic E-state index is 12.3. The molecule has 0 atom stereocenters. The number of aromatic nitrogens is 2. The van der Waals surface area contributed by atoms with Crippen molar-refractivity contribution in [3.63, 3.8) is 0 Å². The third kappa shape index (κ3) is 5.51. The lowest BCUT2D eigenvalue weighted by Crippen LogP contribution is -2.25. The van der Waals surface area contributed by atoms with Gasteiger partial charge in [-0.05, 0) is 36.4 Å². The number of hydrogen-bond acceptors (Lipinski definition) is 5. The molecule has 0 saturated carbocycles. The minimum atomic E-state index is -0.418. The van der Waals surface area contributed by atoms with Crippen molar-refractivity contribution in [2.75, 3.05) is 11.9 Å². The fourth-order valence-electron chi connectivity index (χ4n) is 2.26. The molecule has 0 saturated heterocycles. The first kappa shape index (κ1) is 20.7. The lowest BCUT2D eigenvalue weighted by Gasteiger charge is -2.04. The molecule has 2 N–H and O–H groups in total. The Balaban J connectivity index is 1.53. The van der Waals surface area contributed by atoms with Gasteiger partial charge in [-0.1, -0.05) is 56.5 Å². The van der Waals surface area contributed by atoms with Gasteiger partial charge in [0.15, 0.2) is 0 Å². The van der Waals surface area contributed by atoms with Crippen LogP contribution in [0.5, 0.6) is 0 Å². The van der Waals surface area contributed by atoms with E-state index in [4.69, 9.17) is 23.2 Å². The standard InChI is InChI=1S/C18H13BrCl2N4O2S/c19-11-3-1-2-10(8-11)16(26)22-7-6-15-24-25-18(28-15)23-17(27)13-9-12(20)4-5-14(13)21/h1-5,8-9H,6-7H2,(H,22,26)(H,23,25,27). The molecule has 0 aliphatic heterocycles. The van der Waals surface area contributed by atoms with Crippen molar-refractivity contribution in [3.8, 4) is 0 Å². The van der Waals surface area contributed by atoms with E-state index in [2.05, 4.69) is 36.8 Å². The summed E-state index contributed by atoms with van der Waals surface area (Å²) in [5, 5.41) is 15.2. The Hall–Kier alpha value is -2.00. The summed E-state index contributed by atoms with van der Waals surface area (Å²) in [5.74, 6) is -0.590. The topological polar surface area (TPSA) is 84.0 Å². The number of halogens is 3. The minimum Gasteiger partial charge on any atom is -0.352 e. The molecule has 10 heteroatoms. The van der Waals surface area contributed by atoms with Crippen molar-refractivity contribution in [3.05, 3.63) is 73.1 Å². The molecule has 0 bridgehead atoms. The van der Waals surface area contributed by atoms with Gasteiger partial charge in [0.25, 0.3) is 11.8 Å². The van der Waals surface area contributed by atoms with Crippen LogP contribution < -0.4 is 10.6 Å². The van der Waals surface area contributed by atoms with Crippen LogP contribution in [0, 0.1) is 0 Å². The van der Waals surface area contributed by atoms with Crippen LogP contribution in [0.3, 0.4) is 0 Å². The average molecular weight is 500 g/mol. The molecule has 1 heterocycles. The second-order valence-corrected chi connectivity index (χ2v) is 8.42. The van der Waals surface area contributed by atoms with Crippen molar-refractivity contribution in [2.24, 2.45) is 0 Å². The van der Waals surface area contributed by atoms with Crippen LogP contribution in [0.2, 0.25) is 10.0 Å². The van der Waals surface area contributed by atoms with Crippen LogP contribution in [-0.4, -0.2) is 28.6 Å². The van der Waals surface area contributed by atoms with Gasteiger partial charge in [-0.15, -0.1) is 10.2 Å². The Labute approximate surface area is 183 Å². The first-order valence-corrected chi connectivity index (χ1v) is 10.4. The van der Waals surface area contributed by atoms with Gasteiger partial charge in [0.1, 0.15) is 5.01 Å². The minimum absolute atomic E-state index is 0.171. The smallest absolute Gasteiger partial charge is 0.259 e. The predicted molar refractivity (Wildman–Crippen MR) is 115 cm³/mol. The van der Waals surface area contributed by atoms with Gasteiger partial charge in [-0.2, -0.15) is 0 Å². The predicted octanol–water partition coefficient (Wildman–Crippen LogP) is 4.83. The Morgan fingerprint density at radius 3 is 2.68 bits per heavy atom. The highest BCUT2D eigenvalue weighted by Gasteiger charge is 2.14. The van der Waals surface area contributed by atoms with Gasteiger partial charge in [0, 0.05) is 28.0 Å². The second-order valence-electron chi connectivity index (χ2n) is 5.60. The summed E-state index contributed by atoms with van der Waals surface area (Å²) in [6.45, 7) is 0.397. The molecule has 0 fully saturated rings. The molecule has 0 aliphatic rings. The summed E-state index contributed by atoms with van der Waals surface area (Å²) in [6, 6.07) is 11.8. The zero-order valence-corrected chi connectivity index (χ0v) is 18.1. The molecule has 144 valence electrons. The van der Waals surface area contributed by atoms with E-state index in [1.165, 1.54) is 17.4 Å². The largest absolute Gasteiger partial charge is 0.352 e. The summed E-state index contributed by atoms with van der Waals surface area (Å²) < 4.78 is 0.837. The quantitative estimate of drug-likeness (QED) is 0.508.